The van der Waals surface area contributed by atoms with Crippen LogP contribution in [0.4, 0.5) is 11.4 Å². The molecule has 0 spiro atoms. The van der Waals surface area contributed by atoms with Gasteiger partial charge in [0.15, 0.2) is 13.2 Å². The van der Waals surface area contributed by atoms with Gasteiger partial charge in [-0.25, -0.2) is 4.79 Å². The van der Waals surface area contributed by atoms with Crippen LogP contribution in [0.5, 0.6) is 5.75 Å². The smallest absolute Gasteiger partial charge is 0.344 e. The number of hydrogen-bond acceptors (Lipinski definition) is 6. The number of rotatable bonds is 7. The second-order valence-corrected chi connectivity index (χ2v) is 7.63. The number of esters is 1. The third-order valence-electron chi connectivity index (χ3n) is 3.87. The van der Waals surface area contributed by atoms with Crippen LogP contribution in [0.25, 0.3) is 0 Å². The normalized spacial score (nSPS) is 10.9. The van der Waals surface area contributed by atoms with Crippen molar-refractivity contribution < 1.29 is 24.0 Å². The Morgan fingerprint density at radius 3 is 2.34 bits per heavy atom. The first-order chi connectivity index (χ1) is 13.6. The molecule has 0 saturated carbocycles. The highest BCUT2D eigenvalue weighted by molar-refractivity contribution is 6.31. The quantitative estimate of drug-likeness (QED) is 0.410. The number of nitro benzene ring substituents is 1. The number of nitrogens with zero attached hydrogens (tertiary/aromatic N) is 1. The predicted octanol–water partition coefficient (Wildman–Crippen LogP) is 4.11. The summed E-state index contributed by atoms with van der Waals surface area (Å²) in [6, 6.07) is 11.1. The fourth-order valence-electron chi connectivity index (χ4n) is 2.34. The molecule has 154 valence electrons. The zero-order chi connectivity index (χ0) is 21.6. The lowest BCUT2D eigenvalue weighted by atomic mass is 9.87. The number of nitro groups is 1. The lowest BCUT2D eigenvalue weighted by Gasteiger charge is -2.19. The zero-order valence-corrected chi connectivity index (χ0v) is 17.0. The molecule has 0 unspecified atom stereocenters. The van der Waals surface area contributed by atoms with Crippen LogP contribution in [0.2, 0.25) is 5.02 Å². The van der Waals surface area contributed by atoms with Gasteiger partial charge in [-0.05, 0) is 35.2 Å². The van der Waals surface area contributed by atoms with E-state index in [1.807, 2.05) is 12.1 Å². The van der Waals surface area contributed by atoms with Gasteiger partial charge in [-0.1, -0.05) is 44.5 Å². The third-order valence-corrected chi connectivity index (χ3v) is 4.11. The predicted molar refractivity (Wildman–Crippen MR) is 108 cm³/mol. The number of ether oxygens (including phenoxy) is 2. The molecule has 0 aliphatic carbocycles. The van der Waals surface area contributed by atoms with Gasteiger partial charge in [-0.3, -0.25) is 14.9 Å². The molecule has 2 rings (SSSR count). The van der Waals surface area contributed by atoms with Crippen LogP contribution in [0, 0.1) is 10.1 Å². The van der Waals surface area contributed by atoms with Crippen molar-refractivity contribution >= 4 is 34.9 Å². The summed E-state index contributed by atoms with van der Waals surface area (Å²) in [7, 11) is 0. The summed E-state index contributed by atoms with van der Waals surface area (Å²) in [5.74, 6) is -0.993. The van der Waals surface area contributed by atoms with Crippen molar-refractivity contribution in [2.45, 2.75) is 26.2 Å². The van der Waals surface area contributed by atoms with E-state index < -0.39 is 23.4 Å². The van der Waals surface area contributed by atoms with Crippen LogP contribution in [0.3, 0.4) is 0 Å². The first-order valence-corrected chi connectivity index (χ1v) is 9.07. The van der Waals surface area contributed by atoms with E-state index in [2.05, 4.69) is 26.1 Å². The fourth-order valence-corrected chi connectivity index (χ4v) is 2.51. The molecule has 0 bridgehead atoms. The second-order valence-electron chi connectivity index (χ2n) is 7.19. The monoisotopic (exact) mass is 420 g/mol. The number of anilines is 1. The summed E-state index contributed by atoms with van der Waals surface area (Å²) < 4.78 is 10.2. The number of amides is 1. The van der Waals surface area contributed by atoms with Crippen molar-refractivity contribution in [3.8, 4) is 5.75 Å². The number of hydrogen-bond donors (Lipinski definition) is 1. The Morgan fingerprint density at radius 1 is 1.10 bits per heavy atom. The van der Waals surface area contributed by atoms with Gasteiger partial charge >= 0.3 is 5.97 Å². The van der Waals surface area contributed by atoms with Crippen LogP contribution in [-0.2, 0) is 19.7 Å². The summed E-state index contributed by atoms with van der Waals surface area (Å²) in [5, 5.41) is 13.5. The van der Waals surface area contributed by atoms with Crippen molar-refractivity contribution in [3.63, 3.8) is 0 Å². The minimum absolute atomic E-state index is 0.00285. The molecule has 8 nitrogen and oxygen atoms in total. The Kier molecular flexibility index (Phi) is 7.17. The summed E-state index contributed by atoms with van der Waals surface area (Å²) >= 11 is 5.79. The third kappa shape index (κ3) is 6.76. The van der Waals surface area contributed by atoms with E-state index in [-0.39, 0.29) is 28.4 Å². The molecule has 0 aliphatic rings. The molecule has 0 atom stereocenters. The molecule has 0 saturated heterocycles. The average molecular weight is 421 g/mol. The highest BCUT2D eigenvalue weighted by atomic mass is 35.5. The number of carbonyl (C=O) groups is 2. The van der Waals surface area contributed by atoms with E-state index in [0.717, 1.165) is 5.56 Å². The Morgan fingerprint density at radius 2 is 1.76 bits per heavy atom. The highest BCUT2D eigenvalue weighted by Crippen LogP contribution is 2.27. The number of benzene rings is 2. The minimum atomic E-state index is -0.749. The second kappa shape index (κ2) is 9.38. The minimum Gasteiger partial charge on any atom is -0.482 e. The lowest BCUT2D eigenvalue weighted by molar-refractivity contribution is -0.383. The maximum Gasteiger partial charge on any atom is 0.344 e. The SMILES string of the molecule is CC(C)(C)c1ccc(OCC(=O)OCC(=O)Nc2cc(Cl)ccc2[N+](=O)[O-])cc1. The van der Waals surface area contributed by atoms with Gasteiger partial charge in [0.25, 0.3) is 11.6 Å². The largest absolute Gasteiger partial charge is 0.482 e. The van der Waals surface area contributed by atoms with Crippen molar-refractivity contribution in [1.82, 2.24) is 0 Å². The van der Waals surface area contributed by atoms with E-state index in [9.17, 15) is 19.7 Å². The van der Waals surface area contributed by atoms with E-state index in [1.54, 1.807) is 12.1 Å². The topological polar surface area (TPSA) is 108 Å². The van der Waals surface area contributed by atoms with Crippen LogP contribution < -0.4 is 10.1 Å². The molecular formula is C20H21ClN2O6. The average Bonchev–Trinajstić information content (AvgIpc) is 2.64. The molecule has 0 fully saturated rings. The molecule has 29 heavy (non-hydrogen) atoms. The van der Waals surface area contributed by atoms with Gasteiger partial charge < -0.3 is 14.8 Å². The molecule has 2 aromatic carbocycles. The van der Waals surface area contributed by atoms with Crippen LogP contribution >= 0.6 is 11.6 Å². The van der Waals surface area contributed by atoms with Crippen molar-refractivity contribution in [2.24, 2.45) is 0 Å². The maximum absolute atomic E-state index is 11.9. The summed E-state index contributed by atoms with van der Waals surface area (Å²) in [4.78, 5) is 34.0. The van der Waals surface area contributed by atoms with E-state index in [4.69, 9.17) is 21.1 Å². The van der Waals surface area contributed by atoms with Gasteiger partial charge in [0.1, 0.15) is 11.4 Å². The Balaban J connectivity index is 1.83. The van der Waals surface area contributed by atoms with Crippen molar-refractivity contribution in [1.29, 1.82) is 0 Å². The number of carbonyl (C=O) groups excluding carboxylic acids is 2. The first-order valence-electron chi connectivity index (χ1n) is 8.69. The highest BCUT2D eigenvalue weighted by Gasteiger charge is 2.17. The van der Waals surface area contributed by atoms with Crippen molar-refractivity contribution in [3.05, 3.63) is 63.2 Å². The maximum atomic E-state index is 11.9. The summed E-state index contributed by atoms with van der Waals surface area (Å²) in [5.41, 5.74) is 0.720. The Hall–Kier alpha value is -3.13. The molecule has 0 heterocycles. The molecule has 9 heteroatoms. The summed E-state index contributed by atoms with van der Waals surface area (Å²) in [6.45, 7) is 5.27. The summed E-state index contributed by atoms with van der Waals surface area (Å²) in [6.07, 6.45) is 0. The van der Waals surface area contributed by atoms with E-state index in [1.165, 1.54) is 18.2 Å². The molecule has 1 N–H and O–H groups in total. The molecule has 0 aromatic heterocycles. The van der Waals surface area contributed by atoms with Crippen LogP contribution in [0.15, 0.2) is 42.5 Å². The molecule has 0 aliphatic heterocycles. The van der Waals surface area contributed by atoms with E-state index >= 15 is 0 Å². The van der Waals surface area contributed by atoms with Crippen LogP contribution in [0.1, 0.15) is 26.3 Å². The van der Waals surface area contributed by atoms with Gasteiger partial charge in [-0.15, -0.1) is 0 Å². The van der Waals surface area contributed by atoms with Crippen LogP contribution in [-0.4, -0.2) is 30.0 Å². The van der Waals surface area contributed by atoms with Gasteiger partial charge in [0.05, 0.1) is 4.92 Å². The Bertz CT molecular complexity index is 906. The van der Waals surface area contributed by atoms with E-state index in [0.29, 0.717) is 5.75 Å². The Labute approximate surface area is 172 Å². The molecule has 2 aromatic rings. The molecular weight excluding hydrogens is 400 g/mol. The van der Waals surface area contributed by atoms with Gasteiger partial charge in [-0.2, -0.15) is 0 Å². The standard InChI is InChI=1S/C20H21ClN2O6/c1-20(2,3)13-4-7-15(8-5-13)28-12-19(25)29-11-18(24)22-16-10-14(21)6-9-17(16)23(26)27/h4-10H,11-12H2,1-3H3,(H,22,24). The molecule has 1 amide bonds. The van der Waals surface area contributed by atoms with Crippen molar-refractivity contribution in [2.75, 3.05) is 18.5 Å². The lowest BCUT2D eigenvalue weighted by Crippen LogP contribution is -2.24. The number of nitrogens with one attached hydrogen (secondary N) is 1. The zero-order valence-electron chi connectivity index (χ0n) is 16.2. The first kappa shape index (κ1) is 22.2. The fraction of sp³-hybridized carbons (Fsp3) is 0.300. The van der Waals surface area contributed by atoms with Gasteiger partial charge in [0.2, 0.25) is 0 Å². The van der Waals surface area contributed by atoms with Gasteiger partial charge in [0, 0.05) is 11.1 Å². The number of halogens is 1. The molecule has 0 radical (unpaired) electrons.